The van der Waals surface area contributed by atoms with Crippen molar-refractivity contribution in [2.45, 2.75) is 65.3 Å². The summed E-state index contributed by atoms with van der Waals surface area (Å²) in [5, 5.41) is 0. The number of rotatable bonds is 14. The molecule has 0 aliphatic carbocycles. The lowest BCUT2D eigenvalue weighted by Crippen LogP contribution is -2.23. The zero-order valence-electron chi connectivity index (χ0n) is 17.3. The van der Waals surface area contributed by atoms with Crippen molar-refractivity contribution >= 4 is 0 Å². The molecule has 1 rings (SSSR count). The molecule has 0 fully saturated rings. The third kappa shape index (κ3) is 10.0. The van der Waals surface area contributed by atoms with Crippen molar-refractivity contribution in [1.82, 2.24) is 4.90 Å². The van der Waals surface area contributed by atoms with Crippen LogP contribution in [-0.2, 0) is 11.3 Å². The van der Waals surface area contributed by atoms with Crippen LogP contribution in [0.15, 0.2) is 60.5 Å². The number of methoxy groups -OCH3 is 1. The highest BCUT2D eigenvalue weighted by atomic mass is 19.1. The van der Waals surface area contributed by atoms with E-state index < -0.39 is 0 Å². The molecule has 0 saturated heterocycles. The summed E-state index contributed by atoms with van der Waals surface area (Å²) in [5.74, 6) is 0.445. The summed E-state index contributed by atoms with van der Waals surface area (Å²) in [4.78, 5) is 2.37. The second kappa shape index (κ2) is 14.1. The highest BCUT2D eigenvalue weighted by Gasteiger charge is 2.09. The molecule has 0 aliphatic heterocycles. The Bertz CT molecular complexity index is 589. The number of ether oxygens (including phenoxy) is 1. The van der Waals surface area contributed by atoms with E-state index in [1.807, 2.05) is 18.2 Å². The monoisotopic (exact) mass is 373 g/mol. The van der Waals surface area contributed by atoms with Gasteiger partial charge in [-0.05, 0) is 42.7 Å². The first-order chi connectivity index (χ1) is 13.1. The molecule has 3 heteroatoms. The maximum absolute atomic E-state index is 13.2. The molecule has 0 saturated carbocycles. The van der Waals surface area contributed by atoms with Crippen molar-refractivity contribution in [3.05, 3.63) is 71.9 Å². The highest BCUT2D eigenvalue weighted by molar-refractivity contribution is 5.25. The third-order valence-corrected chi connectivity index (χ3v) is 4.55. The van der Waals surface area contributed by atoms with Crippen molar-refractivity contribution in [2.24, 2.45) is 0 Å². The first-order valence-corrected chi connectivity index (χ1v) is 10.2. The normalized spacial score (nSPS) is 11.8. The lowest BCUT2D eigenvalue weighted by Gasteiger charge is -2.26. The summed E-state index contributed by atoms with van der Waals surface area (Å²) >= 11 is 0. The van der Waals surface area contributed by atoms with Gasteiger partial charge in [-0.15, -0.1) is 0 Å². The molecule has 0 bridgehead atoms. The predicted molar refractivity (Wildman–Crippen MR) is 114 cm³/mol. The van der Waals surface area contributed by atoms with Crippen molar-refractivity contribution in [3.8, 4) is 0 Å². The molecule has 0 amide bonds. The van der Waals surface area contributed by atoms with Gasteiger partial charge in [0.25, 0.3) is 0 Å². The standard InChI is InChI=1S/C24H36FNO/c1-5-7-8-9-10-11-19-26(20-22-14-16-23(25)17-15-22)24(12-6-2)18-13-21(3)27-4/h12-18H,3,5-11,19-20H2,1-2,4H3/b18-13-,24-12+. The molecule has 0 unspecified atom stereocenters. The van der Waals surface area contributed by atoms with Gasteiger partial charge >= 0.3 is 0 Å². The van der Waals surface area contributed by atoms with E-state index in [0.717, 1.165) is 37.2 Å². The van der Waals surface area contributed by atoms with Crippen LogP contribution in [0.5, 0.6) is 0 Å². The fourth-order valence-electron chi connectivity index (χ4n) is 2.95. The van der Waals surface area contributed by atoms with Crippen molar-refractivity contribution in [2.75, 3.05) is 13.7 Å². The maximum Gasteiger partial charge on any atom is 0.123 e. The zero-order valence-corrected chi connectivity index (χ0v) is 17.3. The maximum atomic E-state index is 13.2. The second-order valence-corrected chi connectivity index (χ2v) is 6.86. The van der Waals surface area contributed by atoms with Crippen LogP contribution in [0.1, 0.15) is 64.4 Å². The largest absolute Gasteiger partial charge is 0.497 e. The van der Waals surface area contributed by atoms with E-state index in [1.165, 1.54) is 44.2 Å². The molecular formula is C24H36FNO. The molecule has 1 aromatic carbocycles. The Kier molecular flexibility index (Phi) is 12.0. The Morgan fingerprint density at radius 1 is 1.04 bits per heavy atom. The minimum absolute atomic E-state index is 0.193. The van der Waals surface area contributed by atoms with Crippen LogP contribution in [-0.4, -0.2) is 18.6 Å². The Morgan fingerprint density at radius 2 is 1.70 bits per heavy atom. The van der Waals surface area contributed by atoms with Crippen LogP contribution in [0.25, 0.3) is 0 Å². The number of nitrogens with zero attached hydrogens (tertiary/aromatic N) is 1. The van der Waals surface area contributed by atoms with Crippen molar-refractivity contribution in [1.29, 1.82) is 0 Å². The number of hydrogen-bond acceptors (Lipinski definition) is 2. The average molecular weight is 374 g/mol. The highest BCUT2D eigenvalue weighted by Crippen LogP contribution is 2.17. The summed E-state index contributed by atoms with van der Waals surface area (Å²) in [7, 11) is 1.63. The van der Waals surface area contributed by atoms with Gasteiger partial charge in [-0.2, -0.15) is 0 Å². The fourth-order valence-corrected chi connectivity index (χ4v) is 2.95. The summed E-state index contributed by atoms with van der Waals surface area (Å²) in [6.45, 7) is 10.0. The number of halogens is 1. The number of hydrogen-bond donors (Lipinski definition) is 0. The van der Waals surface area contributed by atoms with Gasteiger partial charge in [0, 0.05) is 18.8 Å². The van der Waals surface area contributed by atoms with Crippen molar-refractivity contribution < 1.29 is 9.13 Å². The van der Waals surface area contributed by atoms with Gasteiger partial charge in [-0.25, -0.2) is 4.39 Å². The van der Waals surface area contributed by atoms with Crippen LogP contribution < -0.4 is 0 Å². The van der Waals surface area contributed by atoms with Gasteiger partial charge < -0.3 is 9.64 Å². The summed E-state index contributed by atoms with van der Waals surface area (Å²) in [6, 6.07) is 6.80. The Labute approximate surface area is 165 Å². The van der Waals surface area contributed by atoms with E-state index in [0.29, 0.717) is 5.76 Å². The van der Waals surface area contributed by atoms with Crippen LogP contribution in [0.2, 0.25) is 0 Å². The third-order valence-electron chi connectivity index (χ3n) is 4.55. The van der Waals surface area contributed by atoms with Crippen LogP contribution in [0.3, 0.4) is 0 Å². The number of unbranched alkanes of at least 4 members (excludes halogenated alkanes) is 5. The Balaban J connectivity index is 2.82. The summed E-state index contributed by atoms with van der Waals surface area (Å²) in [5.41, 5.74) is 2.27. The molecule has 0 heterocycles. The van der Waals surface area contributed by atoms with Gasteiger partial charge in [-0.1, -0.05) is 70.7 Å². The number of allylic oxidation sites excluding steroid dienone is 3. The molecule has 0 N–H and O–H groups in total. The van der Waals surface area contributed by atoms with E-state index >= 15 is 0 Å². The quantitative estimate of drug-likeness (QED) is 0.198. The summed E-state index contributed by atoms with van der Waals surface area (Å²) < 4.78 is 18.4. The van der Waals surface area contributed by atoms with Crippen molar-refractivity contribution in [3.63, 3.8) is 0 Å². The average Bonchev–Trinajstić information content (AvgIpc) is 2.68. The van der Waals surface area contributed by atoms with Crippen LogP contribution in [0, 0.1) is 5.82 Å². The topological polar surface area (TPSA) is 12.5 Å². The first kappa shape index (κ1) is 23.0. The predicted octanol–water partition coefficient (Wildman–Crippen LogP) is 7.00. The SMILES string of the molecule is C=C(/C=C\C(=C/CC)N(CCCCCCCC)Cc1ccc(F)cc1)OC. The zero-order chi connectivity index (χ0) is 19.9. The van der Waals surface area contributed by atoms with Gasteiger partial charge in [-0.3, -0.25) is 0 Å². The van der Waals surface area contributed by atoms with Crippen LogP contribution >= 0.6 is 0 Å². The van der Waals surface area contributed by atoms with E-state index in [9.17, 15) is 4.39 Å². The Hall–Kier alpha value is -2.03. The van der Waals surface area contributed by atoms with E-state index in [4.69, 9.17) is 4.74 Å². The van der Waals surface area contributed by atoms with E-state index in [1.54, 1.807) is 7.11 Å². The fraction of sp³-hybridized carbons (Fsp3) is 0.500. The lowest BCUT2D eigenvalue weighted by molar-refractivity contribution is 0.307. The second-order valence-electron chi connectivity index (χ2n) is 6.86. The van der Waals surface area contributed by atoms with E-state index in [-0.39, 0.29) is 5.82 Å². The number of benzene rings is 1. The molecule has 0 radical (unpaired) electrons. The molecule has 1 aromatic rings. The molecule has 0 aliphatic rings. The van der Waals surface area contributed by atoms with Gasteiger partial charge in [0.2, 0.25) is 0 Å². The molecule has 150 valence electrons. The van der Waals surface area contributed by atoms with Gasteiger partial charge in [0.1, 0.15) is 11.6 Å². The lowest BCUT2D eigenvalue weighted by atomic mass is 10.1. The van der Waals surface area contributed by atoms with Gasteiger partial charge in [0.15, 0.2) is 0 Å². The molecule has 0 spiro atoms. The van der Waals surface area contributed by atoms with Crippen LogP contribution in [0.4, 0.5) is 4.39 Å². The molecule has 2 nitrogen and oxygen atoms in total. The van der Waals surface area contributed by atoms with Gasteiger partial charge in [0.05, 0.1) is 7.11 Å². The first-order valence-electron chi connectivity index (χ1n) is 10.2. The minimum atomic E-state index is -0.193. The summed E-state index contributed by atoms with van der Waals surface area (Å²) in [6.07, 6.45) is 14.8. The minimum Gasteiger partial charge on any atom is -0.497 e. The molecule has 0 atom stereocenters. The van der Waals surface area contributed by atoms with E-state index in [2.05, 4.69) is 37.5 Å². The molecule has 27 heavy (non-hydrogen) atoms. The Morgan fingerprint density at radius 3 is 2.33 bits per heavy atom. The smallest absolute Gasteiger partial charge is 0.123 e. The molecular weight excluding hydrogens is 337 g/mol. The molecule has 0 aromatic heterocycles.